The average Bonchev–Trinajstić information content (AvgIpc) is 2.53. The second-order valence-electron chi connectivity index (χ2n) is 4.94. The summed E-state index contributed by atoms with van der Waals surface area (Å²) < 4.78 is 0. The second kappa shape index (κ2) is 5.33. The molecule has 0 amide bonds. The van der Waals surface area contributed by atoms with Crippen LogP contribution < -0.4 is 0 Å². The molecule has 0 heterocycles. The molecule has 4 heteroatoms. The van der Waals surface area contributed by atoms with E-state index < -0.39 is 11.9 Å². The van der Waals surface area contributed by atoms with Crippen molar-refractivity contribution < 1.29 is 19.8 Å². The van der Waals surface area contributed by atoms with Gasteiger partial charge in [0.2, 0.25) is 0 Å². The Bertz CT molecular complexity index is 859. The van der Waals surface area contributed by atoms with Gasteiger partial charge in [0.25, 0.3) is 0 Å². The van der Waals surface area contributed by atoms with Crippen molar-refractivity contribution in [1.82, 2.24) is 0 Å². The van der Waals surface area contributed by atoms with E-state index in [1.807, 2.05) is 42.5 Å². The number of rotatable bonds is 3. The molecule has 0 aromatic heterocycles. The van der Waals surface area contributed by atoms with E-state index in [1.54, 1.807) is 0 Å². The largest absolute Gasteiger partial charge is 0.478 e. The Kier molecular flexibility index (Phi) is 3.35. The fourth-order valence-corrected chi connectivity index (χ4v) is 2.51. The van der Waals surface area contributed by atoms with Crippen LogP contribution in [-0.2, 0) is 0 Å². The van der Waals surface area contributed by atoms with Crippen LogP contribution in [0, 0.1) is 0 Å². The highest BCUT2D eigenvalue weighted by Crippen LogP contribution is 2.30. The van der Waals surface area contributed by atoms with Gasteiger partial charge in [-0.2, -0.15) is 0 Å². The molecule has 108 valence electrons. The molecule has 0 spiro atoms. The number of hydrogen-bond donors (Lipinski definition) is 2. The van der Waals surface area contributed by atoms with Gasteiger partial charge in [0.05, 0.1) is 11.1 Å². The Hall–Kier alpha value is -3.14. The molecular weight excluding hydrogens is 280 g/mol. The molecule has 3 rings (SSSR count). The standard InChI is InChI=1S/C18H12O4/c19-17(20)13-8-12(9-14(10-13)18(21)22)16-7-3-5-11-4-1-2-6-15(11)16/h1-10H,(H,19,20)(H,21,22). The van der Waals surface area contributed by atoms with Gasteiger partial charge in [-0.25, -0.2) is 9.59 Å². The lowest BCUT2D eigenvalue weighted by atomic mass is 9.95. The lowest BCUT2D eigenvalue weighted by Gasteiger charge is -2.09. The van der Waals surface area contributed by atoms with Gasteiger partial charge in [-0.1, -0.05) is 42.5 Å². The topological polar surface area (TPSA) is 74.6 Å². The first kappa shape index (κ1) is 13.8. The highest BCUT2D eigenvalue weighted by atomic mass is 16.4. The van der Waals surface area contributed by atoms with Crippen molar-refractivity contribution in [3.8, 4) is 11.1 Å². The quantitative estimate of drug-likeness (QED) is 0.767. The summed E-state index contributed by atoms with van der Waals surface area (Å²) in [6.07, 6.45) is 0. The minimum atomic E-state index is -1.15. The zero-order valence-electron chi connectivity index (χ0n) is 11.5. The van der Waals surface area contributed by atoms with Gasteiger partial charge in [-0.05, 0) is 40.1 Å². The highest BCUT2D eigenvalue weighted by Gasteiger charge is 2.13. The fourth-order valence-electron chi connectivity index (χ4n) is 2.51. The van der Waals surface area contributed by atoms with Crippen molar-refractivity contribution in [1.29, 1.82) is 0 Å². The average molecular weight is 292 g/mol. The molecule has 0 aliphatic carbocycles. The van der Waals surface area contributed by atoms with Crippen LogP contribution in [0.4, 0.5) is 0 Å². The van der Waals surface area contributed by atoms with Gasteiger partial charge >= 0.3 is 11.9 Å². The van der Waals surface area contributed by atoms with Gasteiger partial charge in [-0.15, -0.1) is 0 Å². The van der Waals surface area contributed by atoms with Gasteiger partial charge in [0, 0.05) is 0 Å². The van der Waals surface area contributed by atoms with Gasteiger partial charge in [-0.3, -0.25) is 0 Å². The van der Waals surface area contributed by atoms with E-state index in [0.29, 0.717) is 5.56 Å². The predicted octanol–water partition coefficient (Wildman–Crippen LogP) is 3.90. The number of carbonyl (C=O) groups is 2. The van der Waals surface area contributed by atoms with Crippen LogP contribution in [0.5, 0.6) is 0 Å². The number of benzene rings is 3. The summed E-state index contributed by atoms with van der Waals surface area (Å²) in [5.74, 6) is -2.30. The van der Waals surface area contributed by atoms with Crippen LogP contribution in [-0.4, -0.2) is 22.2 Å². The minimum Gasteiger partial charge on any atom is -0.478 e. The maximum Gasteiger partial charge on any atom is 0.335 e. The molecular formula is C18H12O4. The summed E-state index contributed by atoms with van der Waals surface area (Å²) in [6, 6.07) is 17.5. The van der Waals surface area contributed by atoms with Crippen LogP contribution >= 0.6 is 0 Å². The number of fused-ring (bicyclic) bond motifs is 1. The zero-order chi connectivity index (χ0) is 15.7. The molecule has 3 aromatic rings. The molecule has 2 N–H and O–H groups in total. The first-order chi connectivity index (χ1) is 10.6. The molecule has 3 aromatic carbocycles. The first-order valence-electron chi connectivity index (χ1n) is 6.66. The van der Waals surface area contributed by atoms with E-state index in [-0.39, 0.29) is 11.1 Å². The number of carboxylic acid groups (broad SMARTS) is 2. The third-order valence-corrected chi connectivity index (χ3v) is 3.53. The summed E-state index contributed by atoms with van der Waals surface area (Å²) in [6.45, 7) is 0. The van der Waals surface area contributed by atoms with Crippen LogP contribution in [0.1, 0.15) is 20.7 Å². The van der Waals surface area contributed by atoms with E-state index in [1.165, 1.54) is 18.2 Å². The number of hydrogen-bond acceptors (Lipinski definition) is 2. The van der Waals surface area contributed by atoms with Crippen LogP contribution in [0.3, 0.4) is 0 Å². The smallest absolute Gasteiger partial charge is 0.335 e. The SMILES string of the molecule is O=C(O)c1cc(C(=O)O)cc(-c2cccc3ccccc23)c1. The summed E-state index contributed by atoms with van der Waals surface area (Å²) >= 11 is 0. The summed E-state index contributed by atoms with van der Waals surface area (Å²) in [5.41, 5.74) is 1.31. The van der Waals surface area contributed by atoms with Gasteiger partial charge in [0.15, 0.2) is 0 Å². The molecule has 0 saturated carbocycles. The molecule has 0 unspecified atom stereocenters. The summed E-state index contributed by atoms with van der Waals surface area (Å²) in [5, 5.41) is 20.3. The molecule has 0 atom stereocenters. The monoisotopic (exact) mass is 292 g/mol. The van der Waals surface area contributed by atoms with Crippen LogP contribution in [0.25, 0.3) is 21.9 Å². The summed E-state index contributed by atoms with van der Waals surface area (Å²) in [7, 11) is 0. The third-order valence-electron chi connectivity index (χ3n) is 3.53. The Morgan fingerprint density at radius 1 is 0.727 bits per heavy atom. The molecule has 0 aliphatic heterocycles. The second-order valence-corrected chi connectivity index (χ2v) is 4.94. The molecule has 22 heavy (non-hydrogen) atoms. The van der Waals surface area contributed by atoms with Crippen molar-refractivity contribution in [3.63, 3.8) is 0 Å². The maximum atomic E-state index is 11.2. The molecule has 0 fully saturated rings. The van der Waals surface area contributed by atoms with Crippen molar-refractivity contribution in [2.24, 2.45) is 0 Å². The normalized spacial score (nSPS) is 10.5. The molecule has 0 bridgehead atoms. The van der Waals surface area contributed by atoms with Crippen molar-refractivity contribution in [2.45, 2.75) is 0 Å². The van der Waals surface area contributed by atoms with E-state index >= 15 is 0 Å². The Morgan fingerprint density at radius 2 is 1.32 bits per heavy atom. The highest BCUT2D eigenvalue weighted by molar-refractivity contribution is 6.01. The molecule has 0 saturated heterocycles. The Balaban J connectivity index is 2.30. The van der Waals surface area contributed by atoms with Gasteiger partial charge in [0.1, 0.15) is 0 Å². The molecule has 0 aliphatic rings. The minimum absolute atomic E-state index is 0.0390. The number of carboxylic acids is 2. The molecule has 0 radical (unpaired) electrons. The van der Waals surface area contributed by atoms with Crippen molar-refractivity contribution in [2.75, 3.05) is 0 Å². The van der Waals surface area contributed by atoms with Crippen LogP contribution in [0.15, 0.2) is 60.7 Å². The van der Waals surface area contributed by atoms with Crippen molar-refractivity contribution in [3.05, 3.63) is 71.8 Å². The van der Waals surface area contributed by atoms with E-state index in [9.17, 15) is 19.8 Å². The van der Waals surface area contributed by atoms with Gasteiger partial charge < -0.3 is 10.2 Å². The molecule has 4 nitrogen and oxygen atoms in total. The lowest BCUT2D eigenvalue weighted by molar-refractivity contribution is 0.0696. The third kappa shape index (κ3) is 2.42. The Morgan fingerprint density at radius 3 is 1.95 bits per heavy atom. The fraction of sp³-hybridized carbons (Fsp3) is 0. The van der Waals surface area contributed by atoms with Crippen LogP contribution in [0.2, 0.25) is 0 Å². The van der Waals surface area contributed by atoms with E-state index in [4.69, 9.17) is 0 Å². The lowest BCUT2D eigenvalue weighted by Crippen LogP contribution is -2.03. The van der Waals surface area contributed by atoms with E-state index in [2.05, 4.69) is 0 Å². The van der Waals surface area contributed by atoms with Crippen molar-refractivity contribution >= 4 is 22.7 Å². The maximum absolute atomic E-state index is 11.2. The van der Waals surface area contributed by atoms with E-state index in [0.717, 1.165) is 16.3 Å². The first-order valence-corrected chi connectivity index (χ1v) is 6.66. The predicted molar refractivity (Wildman–Crippen MR) is 83.3 cm³/mol. The summed E-state index contributed by atoms with van der Waals surface area (Å²) in [4.78, 5) is 22.5. The number of aromatic carboxylic acids is 2. The zero-order valence-corrected chi connectivity index (χ0v) is 11.5. The Labute approximate surface area is 126 Å².